The third-order valence-corrected chi connectivity index (χ3v) is 2.28. The van der Waals surface area contributed by atoms with Gasteiger partial charge in [0.2, 0.25) is 0 Å². The number of methoxy groups -OCH3 is 1. The fourth-order valence-electron chi connectivity index (χ4n) is 1.19. The molecule has 0 saturated carbocycles. The lowest BCUT2D eigenvalue weighted by molar-refractivity contribution is -0.559. The summed E-state index contributed by atoms with van der Waals surface area (Å²) in [6, 6.07) is -0.803. The highest BCUT2D eigenvalue weighted by molar-refractivity contribution is 5.91. The largest absolute Gasteiger partial charge is 0.480 e. The summed E-state index contributed by atoms with van der Waals surface area (Å²) in [5.41, 5.74) is 0. The number of nitrogens with zero attached hydrogens (tertiary/aromatic N) is 2. The average Bonchev–Trinajstić information content (AvgIpc) is 2.47. The van der Waals surface area contributed by atoms with Gasteiger partial charge in [0.25, 0.3) is 0 Å². The molecule has 0 saturated heterocycles. The van der Waals surface area contributed by atoms with Gasteiger partial charge in [-0.25, -0.2) is 14.4 Å². The van der Waals surface area contributed by atoms with Gasteiger partial charge in [-0.15, -0.1) is 5.11 Å². The van der Waals surface area contributed by atoms with E-state index >= 15 is 0 Å². The Morgan fingerprint density at radius 1 is 1.29 bits per heavy atom. The molecule has 0 rings (SSSR count). The normalized spacial score (nSPS) is 12.2. The van der Waals surface area contributed by atoms with Crippen LogP contribution in [0, 0.1) is 0 Å². The summed E-state index contributed by atoms with van der Waals surface area (Å²) in [5, 5.41) is 14.5. The van der Waals surface area contributed by atoms with Gasteiger partial charge in [-0.05, 0) is 19.6 Å². The van der Waals surface area contributed by atoms with Gasteiger partial charge in [0.1, 0.15) is 6.04 Å². The van der Waals surface area contributed by atoms with E-state index in [2.05, 4.69) is 31.7 Å². The smallest absolute Gasteiger partial charge is 0.364 e. The number of unbranched alkanes of at least 4 members (excludes halogenated alkanes) is 1. The molecule has 0 amide bonds. The molecule has 0 aromatic heterocycles. The van der Waals surface area contributed by atoms with Crippen LogP contribution in [0.2, 0.25) is 0 Å². The number of rotatable bonds is 10. The van der Waals surface area contributed by atoms with Crippen LogP contribution in [0.3, 0.4) is 0 Å². The first-order chi connectivity index (χ1) is 10.0. The Bertz CT molecular complexity index is 433. The van der Waals surface area contributed by atoms with Gasteiger partial charge < -0.3 is 9.84 Å². The number of nitrogens with one attached hydrogen (secondary N) is 1. The number of carboxylic acids is 1. The lowest BCUT2D eigenvalue weighted by Gasteiger charge is -2.03. The Morgan fingerprint density at radius 2 is 1.95 bits per heavy atom. The fraction of sp³-hybridized carbons (Fsp3) is 0.500. The molecular weight excluding hydrogens is 282 g/mol. The summed E-state index contributed by atoms with van der Waals surface area (Å²) in [7, 11) is 1.18. The molecule has 0 aromatic carbocycles. The van der Waals surface area contributed by atoms with Gasteiger partial charge >= 0.3 is 17.9 Å². The molecule has 1 atom stereocenters. The number of aliphatic carboxylic acids is 1. The number of esters is 1. The maximum atomic E-state index is 11.0. The van der Waals surface area contributed by atoms with E-state index in [9.17, 15) is 14.4 Å². The van der Waals surface area contributed by atoms with Crippen LogP contribution < -0.4 is 5.11 Å². The third-order valence-electron chi connectivity index (χ3n) is 2.28. The molecule has 0 heterocycles. The first-order valence-corrected chi connectivity index (χ1v) is 6.09. The molecule has 0 aliphatic rings. The maximum absolute atomic E-state index is 11.0. The van der Waals surface area contributed by atoms with Crippen molar-refractivity contribution in [2.45, 2.75) is 25.3 Å². The number of carbonyl (C=O) groups is 3. The van der Waals surface area contributed by atoms with Crippen molar-refractivity contribution in [3.63, 3.8) is 0 Å². The van der Waals surface area contributed by atoms with E-state index in [-0.39, 0.29) is 0 Å². The molecule has 2 N–H and O–H groups in total. The zero-order chi connectivity index (χ0) is 16.1. The van der Waals surface area contributed by atoms with Crippen LogP contribution in [0.25, 0.3) is 0 Å². The second kappa shape index (κ2) is 11.3. The van der Waals surface area contributed by atoms with Gasteiger partial charge in [0.15, 0.2) is 11.8 Å². The molecular formula is C12H18N3O6+. The molecule has 0 fully saturated rings. The van der Waals surface area contributed by atoms with Crippen molar-refractivity contribution in [2.24, 2.45) is 10.3 Å². The van der Waals surface area contributed by atoms with E-state index in [4.69, 9.17) is 5.11 Å². The summed E-state index contributed by atoms with van der Waals surface area (Å²) < 4.78 is 4.28. The zero-order valence-electron chi connectivity index (χ0n) is 11.7. The van der Waals surface area contributed by atoms with Crippen LogP contribution in [-0.2, 0) is 24.0 Å². The molecule has 9 heteroatoms. The third kappa shape index (κ3) is 9.93. The Balaban J connectivity index is 3.76. The van der Waals surface area contributed by atoms with Crippen molar-refractivity contribution >= 4 is 24.6 Å². The lowest BCUT2D eigenvalue weighted by Crippen LogP contribution is -2.66. The lowest BCUT2D eigenvalue weighted by atomic mass is 10.1. The van der Waals surface area contributed by atoms with Gasteiger partial charge in [-0.1, -0.05) is 0 Å². The first kappa shape index (κ1) is 18.4. The number of aliphatic imine (C=N–C) groups is 1. The number of hydrogen-bond donors (Lipinski definition) is 2. The van der Waals surface area contributed by atoms with E-state index in [0.717, 1.165) is 12.2 Å². The van der Waals surface area contributed by atoms with Gasteiger partial charge in [0, 0.05) is 18.6 Å². The SMILES string of the molecule is C=NC(CCCC[NH+]=NOC(=O)/C=C/C(=O)OC)C(=O)O. The van der Waals surface area contributed by atoms with Crippen LogP contribution >= 0.6 is 0 Å². The van der Waals surface area contributed by atoms with Crippen molar-refractivity contribution in [3.05, 3.63) is 12.2 Å². The molecule has 0 aromatic rings. The molecule has 0 spiro atoms. The second-order valence-corrected chi connectivity index (χ2v) is 3.80. The van der Waals surface area contributed by atoms with E-state index in [0.29, 0.717) is 25.8 Å². The Labute approximate surface area is 121 Å². The van der Waals surface area contributed by atoms with Crippen LogP contribution in [0.15, 0.2) is 22.4 Å². The highest BCUT2D eigenvalue weighted by Crippen LogP contribution is 2.03. The van der Waals surface area contributed by atoms with Crippen molar-refractivity contribution in [3.8, 4) is 0 Å². The summed E-state index contributed by atoms with van der Waals surface area (Å²) >= 11 is 0. The van der Waals surface area contributed by atoms with Crippen LogP contribution in [-0.4, -0.2) is 49.4 Å². The Morgan fingerprint density at radius 3 is 2.52 bits per heavy atom. The van der Waals surface area contributed by atoms with Gasteiger partial charge in [-0.2, -0.15) is 0 Å². The first-order valence-electron chi connectivity index (χ1n) is 6.09. The summed E-state index contributed by atoms with van der Waals surface area (Å²) in [6.07, 6.45) is 3.39. The van der Waals surface area contributed by atoms with E-state index in [1.165, 1.54) is 7.11 Å². The minimum absolute atomic E-state index is 0.377. The van der Waals surface area contributed by atoms with Gasteiger partial charge in [0.05, 0.1) is 7.11 Å². The molecule has 116 valence electrons. The number of hydrogen-bond acceptors (Lipinski definition) is 7. The van der Waals surface area contributed by atoms with Crippen LogP contribution in [0.5, 0.6) is 0 Å². The van der Waals surface area contributed by atoms with Crippen molar-refractivity contribution in [1.29, 1.82) is 0 Å². The molecule has 0 bridgehead atoms. The standard InChI is InChI=1S/C12H17N3O6/c1-13-9(12(18)19)5-3-4-8-14-15-21-11(17)7-6-10(16)20-2/h6-7,9H,1,3-5,8H2,2H3,(H,18,19)/p+1/b7-6+,15-14?. The van der Waals surface area contributed by atoms with Crippen molar-refractivity contribution < 1.29 is 34.2 Å². The molecule has 1 unspecified atom stereocenters. The summed E-state index contributed by atoms with van der Waals surface area (Å²) in [4.78, 5) is 40.2. The van der Waals surface area contributed by atoms with E-state index < -0.39 is 23.9 Å². The van der Waals surface area contributed by atoms with Crippen molar-refractivity contribution in [2.75, 3.05) is 13.7 Å². The number of carbonyl (C=O) groups excluding carboxylic acids is 2. The monoisotopic (exact) mass is 300 g/mol. The Kier molecular flexibility index (Phi) is 9.88. The maximum Gasteiger partial charge on any atom is 0.364 e. The topological polar surface area (TPSA) is 129 Å². The second-order valence-electron chi connectivity index (χ2n) is 3.80. The quantitative estimate of drug-likeness (QED) is 0.133. The van der Waals surface area contributed by atoms with Gasteiger partial charge in [-0.3, -0.25) is 9.83 Å². The molecule has 0 aliphatic heterocycles. The highest BCUT2D eigenvalue weighted by Gasteiger charge is 2.13. The Hall–Kier alpha value is -2.58. The predicted molar refractivity (Wildman–Crippen MR) is 70.3 cm³/mol. The summed E-state index contributed by atoms with van der Waals surface area (Å²) in [5.74, 6) is -2.51. The molecule has 0 radical (unpaired) electrons. The van der Waals surface area contributed by atoms with Crippen molar-refractivity contribution in [1.82, 2.24) is 0 Å². The zero-order valence-corrected chi connectivity index (χ0v) is 11.7. The minimum atomic E-state index is -1.01. The minimum Gasteiger partial charge on any atom is -0.480 e. The predicted octanol–water partition coefficient (Wildman–Crippen LogP) is -0.969. The average molecular weight is 300 g/mol. The molecule has 0 aliphatic carbocycles. The van der Waals surface area contributed by atoms with Crippen LogP contribution in [0.1, 0.15) is 19.3 Å². The van der Waals surface area contributed by atoms with Crippen LogP contribution in [0.4, 0.5) is 0 Å². The number of carboxylic acid groups (broad SMARTS) is 1. The fourth-order valence-corrected chi connectivity index (χ4v) is 1.19. The highest BCUT2D eigenvalue weighted by atomic mass is 16.7. The molecule has 9 nitrogen and oxygen atoms in total. The summed E-state index contributed by atoms with van der Waals surface area (Å²) in [6.45, 7) is 3.60. The molecule has 21 heavy (non-hydrogen) atoms. The van der Waals surface area contributed by atoms with E-state index in [1.54, 1.807) is 0 Å². The number of ether oxygens (including phenoxy) is 1. The van der Waals surface area contributed by atoms with E-state index in [1.807, 2.05) is 0 Å².